The molecular formula is C34H30ClFN2OS. The molecule has 0 aliphatic heterocycles. The van der Waals surface area contributed by atoms with Crippen LogP contribution in [-0.4, -0.2) is 23.1 Å². The van der Waals surface area contributed by atoms with Crippen LogP contribution in [-0.2, 0) is 19.6 Å². The van der Waals surface area contributed by atoms with Crippen LogP contribution in [0.3, 0.4) is 0 Å². The van der Waals surface area contributed by atoms with Crippen molar-refractivity contribution in [3.63, 3.8) is 0 Å². The molecule has 0 aromatic heterocycles. The third-order valence-corrected chi connectivity index (χ3v) is 8.13. The van der Waals surface area contributed by atoms with Crippen LogP contribution in [0.5, 0.6) is 0 Å². The molecule has 0 saturated carbocycles. The molecular weight excluding hydrogens is 539 g/mol. The standard InChI is InChI=1S/C34H30ClFN2OS/c35-32-14-7-15-33(36)31(32)24-38(20-21-40-28-10-2-1-3-11-28)23-26-18-16-25(17-19-26)22-37-34(39)30-13-6-9-27-8-4-5-12-29(27)30/h1-19H,20-24H2,(H,37,39). The van der Waals surface area contributed by atoms with Crippen molar-refractivity contribution in [2.75, 3.05) is 12.3 Å². The number of carbonyl (C=O) groups is 1. The highest BCUT2D eigenvalue weighted by Crippen LogP contribution is 2.24. The van der Waals surface area contributed by atoms with Crippen LogP contribution < -0.4 is 5.32 Å². The number of hydrogen-bond acceptors (Lipinski definition) is 3. The summed E-state index contributed by atoms with van der Waals surface area (Å²) in [7, 11) is 0. The van der Waals surface area contributed by atoms with E-state index in [9.17, 15) is 9.18 Å². The molecule has 5 aromatic rings. The van der Waals surface area contributed by atoms with Crippen LogP contribution in [0.1, 0.15) is 27.0 Å². The Hall–Kier alpha value is -3.64. The molecule has 0 aliphatic rings. The smallest absolute Gasteiger partial charge is 0.252 e. The number of halogens is 2. The Balaban J connectivity index is 1.23. The summed E-state index contributed by atoms with van der Waals surface area (Å²) in [6.45, 7) is 2.28. The maximum Gasteiger partial charge on any atom is 0.252 e. The van der Waals surface area contributed by atoms with E-state index in [0.717, 1.165) is 34.2 Å². The van der Waals surface area contributed by atoms with Crippen molar-refractivity contribution < 1.29 is 9.18 Å². The first-order valence-electron chi connectivity index (χ1n) is 13.2. The summed E-state index contributed by atoms with van der Waals surface area (Å²) in [4.78, 5) is 16.3. The van der Waals surface area contributed by atoms with Gasteiger partial charge in [0.1, 0.15) is 5.82 Å². The number of amides is 1. The van der Waals surface area contributed by atoms with Gasteiger partial charge in [0.2, 0.25) is 0 Å². The Labute approximate surface area is 244 Å². The van der Waals surface area contributed by atoms with E-state index in [1.165, 1.54) is 11.0 Å². The first-order chi connectivity index (χ1) is 19.6. The quantitative estimate of drug-likeness (QED) is 0.162. The maximum absolute atomic E-state index is 14.6. The lowest BCUT2D eigenvalue weighted by molar-refractivity contribution is 0.0952. The average Bonchev–Trinajstić information content (AvgIpc) is 2.98. The van der Waals surface area contributed by atoms with Crippen molar-refractivity contribution in [3.8, 4) is 0 Å². The molecule has 5 rings (SSSR count). The molecule has 0 bridgehead atoms. The first kappa shape index (κ1) is 27.9. The van der Waals surface area contributed by atoms with E-state index in [1.54, 1.807) is 23.9 Å². The maximum atomic E-state index is 14.6. The lowest BCUT2D eigenvalue weighted by Gasteiger charge is -2.23. The fourth-order valence-corrected chi connectivity index (χ4v) is 5.81. The van der Waals surface area contributed by atoms with Gasteiger partial charge in [-0.3, -0.25) is 9.69 Å². The lowest BCUT2D eigenvalue weighted by Crippen LogP contribution is -2.26. The highest BCUT2D eigenvalue weighted by molar-refractivity contribution is 7.99. The number of rotatable bonds is 11. The number of fused-ring (bicyclic) bond motifs is 1. The zero-order valence-corrected chi connectivity index (χ0v) is 23.6. The fourth-order valence-electron chi connectivity index (χ4n) is 4.65. The van der Waals surface area contributed by atoms with Crippen molar-refractivity contribution in [2.24, 2.45) is 0 Å². The van der Waals surface area contributed by atoms with E-state index in [4.69, 9.17) is 11.6 Å². The van der Waals surface area contributed by atoms with Gasteiger partial charge in [0.15, 0.2) is 0 Å². The molecule has 5 aromatic carbocycles. The van der Waals surface area contributed by atoms with Crippen LogP contribution >= 0.6 is 23.4 Å². The molecule has 0 fully saturated rings. The molecule has 40 heavy (non-hydrogen) atoms. The fraction of sp³-hybridized carbons (Fsp3) is 0.147. The van der Waals surface area contributed by atoms with Gasteiger partial charge in [-0.15, -0.1) is 11.8 Å². The van der Waals surface area contributed by atoms with Crippen molar-refractivity contribution >= 4 is 40.0 Å². The molecule has 0 unspecified atom stereocenters. The number of benzene rings is 5. The van der Waals surface area contributed by atoms with Crippen LogP contribution in [0.25, 0.3) is 10.8 Å². The summed E-state index contributed by atoms with van der Waals surface area (Å²) in [5.74, 6) is 0.490. The van der Waals surface area contributed by atoms with E-state index in [1.807, 2.05) is 72.8 Å². The monoisotopic (exact) mass is 568 g/mol. The molecule has 6 heteroatoms. The molecule has 0 saturated heterocycles. The van der Waals surface area contributed by atoms with Crippen molar-refractivity contribution in [2.45, 2.75) is 24.5 Å². The second-order valence-corrected chi connectivity index (χ2v) is 11.2. The van der Waals surface area contributed by atoms with Crippen LogP contribution in [0.2, 0.25) is 5.02 Å². The highest BCUT2D eigenvalue weighted by atomic mass is 35.5. The van der Waals surface area contributed by atoms with Gasteiger partial charge in [0.05, 0.1) is 0 Å². The van der Waals surface area contributed by atoms with E-state index in [2.05, 4.69) is 34.5 Å². The molecule has 0 radical (unpaired) electrons. The van der Waals surface area contributed by atoms with Crippen LogP contribution in [0, 0.1) is 5.82 Å². The molecule has 1 amide bonds. The Bertz CT molecular complexity index is 1550. The van der Waals surface area contributed by atoms with Crippen molar-refractivity contribution in [1.82, 2.24) is 10.2 Å². The number of carbonyl (C=O) groups excluding carboxylic acids is 1. The molecule has 0 heterocycles. The van der Waals surface area contributed by atoms with Gasteiger partial charge < -0.3 is 5.32 Å². The van der Waals surface area contributed by atoms with Gasteiger partial charge >= 0.3 is 0 Å². The van der Waals surface area contributed by atoms with E-state index >= 15 is 0 Å². The summed E-state index contributed by atoms with van der Waals surface area (Å²) in [5.41, 5.74) is 3.31. The van der Waals surface area contributed by atoms with Gasteiger partial charge in [-0.1, -0.05) is 96.5 Å². The molecule has 1 N–H and O–H groups in total. The zero-order chi connectivity index (χ0) is 27.7. The minimum absolute atomic E-state index is 0.0928. The summed E-state index contributed by atoms with van der Waals surface area (Å²) in [6, 6.07) is 37.0. The molecule has 0 spiro atoms. The van der Waals surface area contributed by atoms with Crippen LogP contribution in [0.4, 0.5) is 4.39 Å². The number of nitrogens with one attached hydrogen (secondary N) is 1. The van der Waals surface area contributed by atoms with E-state index in [-0.39, 0.29) is 11.7 Å². The summed E-state index contributed by atoms with van der Waals surface area (Å²) >= 11 is 8.14. The van der Waals surface area contributed by atoms with E-state index < -0.39 is 0 Å². The van der Waals surface area contributed by atoms with Gasteiger partial charge in [0, 0.05) is 53.0 Å². The largest absolute Gasteiger partial charge is 0.348 e. The van der Waals surface area contributed by atoms with E-state index in [0.29, 0.717) is 35.8 Å². The minimum Gasteiger partial charge on any atom is -0.348 e. The lowest BCUT2D eigenvalue weighted by atomic mass is 10.0. The molecule has 0 aliphatic carbocycles. The predicted octanol–water partition coefficient (Wildman–Crippen LogP) is 8.36. The van der Waals surface area contributed by atoms with Gasteiger partial charge in [-0.25, -0.2) is 4.39 Å². The van der Waals surface area contributed by atoms with Gasteiger partial charge in [0.25, 0.3) is 5.91 Å². The third kappa shape index (κ3) is 7.30. The zero-order valence-electron chi connectivity index (χ0n) is 22.0. The molecule has 202 valence electrons. The second kappa shape index (κ2) is 13.6. The Morgan fingerprint density at radius 3 is 2.27 bits per heavy atom. The van der Waals surface area contributed by atoms with Crippen LogP contribution in [0.15, 0.2) is 120 Å². The number of hydrogen-bond donors (Lipinski definition) is 1. The predicted molar refractivity (Wildman–Crippen MR) is 164 cm³/mol. The highest BCUT2D eigenvalue weighted by Gasteiger charge is 2.14. The Morgan fingerprint density at radius 1 is 0.775 bits per heavy atom. The first-order valence-corrected chi connectivity index (χ1v) is 14.6. The summed E-state index contributed by atoms with van der Waals surface area (Å²) in [6.07, 6.45) is 0. The third-order valence-electron chi connectivity index (χ3n) is 6.78. The molecule has 3 nitrogen and oxygen atoms in total. The van der Waals surface area contributed by atoms with Crippen molar-refractivity contribution in [1.29, 1.82) is 0 Å². The number of thioether (sulfide) groups is 1. The Morgan fingerprint density at radius 2 is 1.48 bits per heavy atom. The minimum atomic E-state index is -0.287. The number of nitrogens with zero attached hydrogens (tertiary/aromatic N) is 1. The van der Waals surface area contributed by atoms with Gasteiger partial charge in [-0.2, -0.15) is 0 Å². The molecule has 0 atom stereocenters. The van der Waals surface area contributed by atoms with Crippen molar-refractivity contribution in [3.05, 3.63) is 148 Å². The summed E-state index contributed by atoms with van der Waals surface area (Å²) in [5, 5.41) is 5.48. The average molecular weight is 569 g/mol. The second-order valence-electron chi connectivity index (χ2n) is 9.60. The normalized spacial score (nSPS) is 11.2. The Kier molecular flexibility index (Phi) is 9.50. The van der Waals surface area contributed by atoms with Gasteiger partial charge in [-0.05, 0) is 52.2 Å². The summed E-state index contributed by atoms with van der Waals surface area (Å²) < 4.78 is 14.6. The SMILES string of the molecule is O=C(NCc1ccc(CN(CCSc2ccccc2)Cc2c(F)cccc2Cl)cc1)c1cccc2ccccc12. The topological polar surface area (TPSA) is 32.3 Å².